The third kappa shape index (κ3) is 33.6. The summed E-state index contributed by atoms with van der Waals surface area (Å²) in [7, 11) is 4.12. The summed E-state index contributed by atoms with van der Waals surface area (Å²) < 4.78 is 0. The summed E-state index contributed by atoms with van der Waals surface area (Å²) in [6.07, 6.45) is 22.4. The second kappa shape index (κ2) is 26.8. The Balaban J connectivity index is 0. The fourth-order valence-corrected chi connectivity index (χ4v) is 3.53. The molecule has 0 heterocycles. The van der Waals surface area contributed by atoms with Gasteiger partial charge in [-0.3, -0.25) is 4.79 Å². The fraction of sp³-hybridized carbons (Fsp3) is 0.923. The summed E-state index contributed by atoms with van der Waals surface area (Å²) in [5.74, 6) is -0.653. The van der Waals surface area contributed by atoms with Crippen molar-refractivity contribution in [3.8, 4) is 0 Å². The van der Waals surface area contributed by atoms with E-state index in [1.807, 2.05) is 6.92 Å². The molecule has 0 saturated carbocycles. The number of hydrogen-bond donors (Lipinski definition) is 2. The van der Waals surface area contributed by atoms with Gasteiger partial charge in [0, 0.05) is 6.42 Å². The lowest BCUT2D eigenvalue weighted by atomic mass is 10.0. The Bertz CT molecular complexity index is 421. The van der Waals surface area contributed by atoms with Gasteiger partial charge in [0.1, 0.15) is 0 Å². The van der Waals surface area contributed by atoms with Crippen LogP contribution in [0.4, 0.5) is 0 Å². The third-order valence-corrected chi connectivity index (χ3v) is 5.51. The molecule has 31 heavy (non-hydrogen) atoms. The highest BCUT2D eigenvalue weighted by atomic mass is 16.4. The lowest BCUT2D eigenvalue weighted by molar-refractivity contribution is -0.137. The van der Waals surface area contributed by atoms with Gasteiger partial charge in [0.25, 0.3) is 0 Å². The van der Waals surface area contributed by atoms with Crippen LogP contribution in [0.1, 0.15) is 129 Å². The van der Waals surface area contributed by atoms with Gasteiger partial charge in [0.2, 0.25) is 0 Å². The zero-order valence-corrected chi connectivity index (χ0v) is 21.3. The molecule has 0 fully saturated rings. The van der Waals surface area contributed by atoms with E-state index in [1.54, 1.807) is 0 Å². The largest absolute Gasteiger partial charge is 0.481 e. The van der Waals surface area contributed by atoms with Crippen molar-refractivity contribution in [1.82, 2.24) is 4.90 Å². The fourth-order valence-electron chi connectivity index (χ4n) is 3.53. The highest BCUT2D eigenvalue weighted by molar-refractivity contribution is 5.66. The van der Waals surface area contributed by atoms with Crippen LogP contribution in [-0.4, -0.2) is 48.7 Å². The van der Waals surface area contributed by atoms with E-state index in [-0.39, 0.29) is 6.04 Å². The van der Waals surface area contributed by atoms with Gasteiger partial charge in [0.05, 0.1) is 12.1 Å². The van der Waals surface area contributed by atoms with Gasteiger partial charge in [-0.05, 0) is 46.8 Å². The van der Waals surface area contributed by atoms with Crippen LogP contribution in [0.15, 0.2) is 4.99 Å². The monoisotopic (exact) mass is 439 g/mol. The zero-order chi connectivity index (χ0) is 23.6. The first kappa shape index (κ1) is 32.0. The molecule has 0 bridgehead atoms. The van der Waals surface area contributed by atoms with Crippen LogP contribution in [-0.2, 0) is 4.79 Å². The molecule has 0 spiro atoms. The van der Waals surface area contributed by atoms with Crippen LogP contribution in [0.5, 0.6) is 0 Å². The highest BCUT2D eigenvalue weighted by Gasteiger charge is 1.98. The molecule has 0 aromatic rings. The molecule has 2 N–H and O–H groups in total. The number of rotatable bonds is 21. The minimum absolute atomic E-state index is 0.257. The van der Waals surface area contributed by atoms with Crippen molar-refractivity contribution in [2.45, 2.75) is 135 Å². The van der Waals surface area contributed by atoms with E-state index in [0.717, 1.165) is 32.2 Å². The molecule has 0 rings (SSSR count). The third-order valence-electron chi connectivity index (χ3n) is 5.51. The predicted molar refractivity (Wildman–Crippen MR) is 135 cm³/mol. The molecule has 0 amide bonds. The Labute approximate surface area is 193 Å². The molecular weight excluding hydrogens is 386 g/mol. The van der Waals surface area contributed by atoms with Crippen LogP contribution in [0.25, 0.3) is 0 Å². The van der Waals surface area contributed by atoms with Gasteiger partial charge < -0.3 is 10.0 Å². The predicted octanol–water partition coefficient (Wildman–Crippen LogP) is 7.80. The standard InChI is InChI=1S/C18H36O2.C8H17N3/c1-2-3-4-5-6-7-8-9-10-11-12-13-14-15-16-17-18(19)20;1-8(10-7-9)5-4-6-11(2)3/h2-17H2,1H3,(H,19,20);8-9H,4-6H2,1-3H3. The smallest absolute Gasteiger partial charge is 0.303 e. The van der Waals surface area contributed by atoms with Gasteiger partial charge >= 0.3 is 5.97 Å². The minimum atomic E-state index is -0.653. The summed E-state index contributed by atoms with van der Waals surface area (Å²) in [4.78, 5) is 16.3. The number of hydrogen-bond acceptors (Lipinski definition) is 4. The number of nitrogens with zero attached hydrogens (tertiary/aromatic N) is 2. The van der Waals surface area contributed by atoms with Crippen molar-refractivity contribution in [2.24, 2.45) is 4.99 Å². The van der Waals surface area contributed by atoms with Gasteiger partial charge in [-0.25, -0.2) is 10.4 Å². The molecule has 1 unspecified atom stereocenters. The molecule has 0 aliphatic rings. The average molecular weight is 440 g/mol. The minimum Gasteiger partial charge on any atom is -0.481 e. The first-order valence-corrected chi connectivity index (χ1v) is 12.9. The molecule has 1 atom stereocenters. The number of carbonyl (C=O) groups is 1. The van der Waals surface area contributed by atoms with Crippen molar-refractivity contribution in [1.29, 1.82) is 5.41 Å². The number of aliphatic carboxylic acids is 1. The van der Waals surface area contributed by atoms with Gasteiger partial charge in [-0.1, -0.05) is 96.8 Å². The number of carboxylic acid groups (broad SMARTS) is 1. The Morgan fingerprint density at radius 2 is 1.26 bits per heavy atom. The SMILES string of the molecule is CC(CCCN(C)C)N=C=N.CCCCCCCCCCCCCCCCCC(=O)O. The molecule has 0 aliphatic heterocycles. The maximum atomic E-state index is 10.3. The number of carboxylic acids is 1. The van der Waals surface area contributed by atoms with E-state index in [2.05, 4.69) is 36.9 Å². The van der Waals surface area contributed by atoms with Crippen molar-refractivity contribution in [3.63, 3.8) is 0 Å². The molecular formula is C26H53N3O2. The Morgan fingerprint density at radius 1 is 0.839 bits per heavy atom. The zero-order valence-electron chi connectivity index (χ0n) is 21.3. The van der Waals surface area contributed by atoms with Gasteiger partial charge in [-0.2, -0.15) is 0 Å². The van der Waals surface area contributed by atoms with Crippen molar-refractivity contribution in [3.05, 3.63) is 0 Å². The van der Waals surface area contributed by atoms with E-state index in [9.17, 15) is 4.79 Å². The van der Waals surface area contributed by atoms with E-state index in [1.165, 1.54) is 83.5 Å². The van der Waals surface area contributed by atoms with Gasteiger partial charge in [-0.15, -0.1) is 0 Å². The maximum Gasteiger partial charge on any atom is 0.303 e. The molecule has 5 nitrogen and oxygen atoms in total. The van der Waals surface area contributed by atoms with E-state index in [4.69, 9.17) is 10.5 Å². The quantitative estimate of drug-likeness (QED) is 0.141. The van der Waals surface area contributed by atoms with Crippen LogP contribution in [0.3, 0.4) is 0 Å². The summed E-state index contributed by atoms with van der Waals surface area (Å²) in [5, 5.41) is 15.1. The van der Waals surface area contributed by atoms with Crippen molar-refractivity contribution in [2.75, 3.05) is 20.6 Å². The molecule has 0 aliphatic carbocycles. The highest BCUT2D eigenvalue weighted by Crippen LogP contribution is 2.13. The Kier molecular flexibility index (Phi) is 27.7. The Hall–Kier alpha value is -1.19. The number of nitrogens with one attached hydrogen (secondary N) is 1. The lowest BCUT2D eigenvalue weighted by Gasteiger charge is -2.09. The molecule has 184 valence electrons. The average Bonchev–Trinajstić information content (AvgIpc) is 2.71. The van der Waals surface area contributed by atoms with E-state index in [0.29, 0.717) is 6.42 Å². The normalized spacial score (nSPS) is 11.5. The van der Waals surface area contributed by atoms with E-state index < -0.39 is 5.97 Å². The van der Waals surface area contributed by atoms with Crippen LogP contribution in [0, 0.1) is 5.41 Å². The summed E-state index contributed by atoms with van der Waals surface area (Å²) in [5.41, 5.74) is 0. The van der Waals surface area contributed by atoms with E-state index >= 15 is 0 Å². The van der Waals surface area contributed by atoms with Gasteiger partial charge in [0.15, 0.2) is 0 Å². The van der Waals surface area contributed by atoms with Crippen LogP contribution < -0.4 is 0 Å². The summed E-state index contributed by atoms with van der Waals surface area (Å²) in [6, 6.07) is 2.32. The number of unbranched alkanes of at least 4 members (excludes halogenated alkanes) is 14. The number of aliphatic imine (C=N–C) groups is 1. The van der Waals surface area contributed by atoms with Crippen molar-refractivity contribution >= 4 is 12.0 Å². The second-order valence-electron chi connectivity index (χ2n) is 9.13. The topological polar surface area (TPSA) is 76.8 Å². The second-order valence-corrected chi connectivity index (χ2v) is 9.13. The maximum absolute atomic E-state index is 10.3. The summed E-state index contributed by atoms with van der Waals surface area (Å²) in [6.45, 7) is 5.38. The lowest BCUT2D eigenvalue weighted by Crippen LogP contribution is -2.14. The van der Waals surface area contributed by atoms with Crippen LogP contribution in [0.2, 0.25) is 0 Å². The first-order valence-electron chi connectivity index (χ1n) is 12.9. The molecule has 0 radical (unpaired) electrons. The van der Waals surface area contributed by atoms with Crippen molar-refractivity contribution < 1.29 is 9.90 Å². The van der Waals surface area contributed by atoms with Crippen LogP contribution >= 0.6 is 0 Å². The Morgan fingerprint density at radius 3 is 1.61 bits per heavy atom. The molecule has 0 aromatic heterocycles. The first-order chi connectivity index (χ1) is 14.9. The summed E-state index contributed by atoms with van der Waals surface area (Å²) >= 11 is 0. The molecule has 0 aromatic carbocycles. The molecule has 0 saturated heterocycles. The molecule has 5 heteroatoms.